The summed E-state index contributed by atoms with van der Waals surface area (Å²) in [7, 11) is 0. The number of anilines is 1. The van der Waals surface area contributed by atoms with Gasteiger partial charge in [0, 0.05) is 54.7 Å². The molecule has 0 aliphatic carbocycles. The van der Waals surface area contributed by atoms with Crippen molar-refractivity contribution in [3.8, 4) is 11.1 Å². The van der Waals surface area contributed by atoms with Crippen molar-refractivity contribution in [2.24, 2.45) is 5.92 Å². The highest BCUT2D eigenvalue weighted by molar-refractivity contribution is 5.97. The zero-order valence-corrected chi connectivity index (χ0v) is 21.5. The van der Waals surface area contributed by atoms with Crippen LogP contribution in [0.4, 0.5) is 18.9 Å². The van der Waals surface area contributed by atoms with Crippen LogP contribution in [0.15, 0.2) is 36.9 Å². The Bertz CT molecular complexity index is 1210. The third-order valence-electron chi connectivity index (χ3n) is 6.30. The lowest BCUT2D eigenvalue weighted by Gasteiger charge is -2.26. The summed E-state index contributed by atoms with van der Waals surface area (Å²) in [6, 6.07) is 2.73. The number of ether oxygens (including phenoxy) is 2. The molecule has 3 aromatic rings. The first-order valence-corrected chi connectivity index (χ1v) is 12.6. The molecule has 1 aliphatic heterocycles. The van der Waals surface area contributed by atoms with Crippen LogP contribution in [0.2, 0.25) is 0 Å². The van der Waals surface area contributed by atoms with Gasteiger partial charge < -0.3 is 19.8 Å². The van der Waals surface area contributed by atoms with E-state index in [2.05, 4.69) is 30.5 Å². The fraction of sp³-hybridized carbons (Fsp3) is 0.500. The van der Waals surface area contributed by atoms with Crippen molar-refractivity contribution in [1.82, 2.24) is 25.2 Å². The molecule has 0 unspecified atom stereocenters. The number of alkyl halides is 3. The number of pyridine rings is 2. The lowest BCUT2D eigenvalue weighted by molar-refractivity contribution is -0.131. The number of aromatic nitrogens is 3. The molecule has 4 heterocycles. The molecule has 1 aliphatic rings. The van der Waals surface area contributed by atoms with Gasteiger partial charge >= 0.3 is 6.18 Å². The van der Waals surface area contributed by atoms with E-state index in [0.29, 0.717) is 24.5 Å². The molecule has 1 saturated heterocycles. The molecule has 9 nitrogen and oxygen atoms in total. The average molecular weight is 535 g/mol. The van der Waals surface area contributed by atoms with Crippen LogP contribution in [-0.2, 0) is 20.9 Å². The first-order chi connectivity index (χ1) is 18.2. The van der Waals surface area contributed by atoms with Crippen LogP contribution in [0.25, 0.3) is 22.2 Å². The smallest absolute Gasteiger partial charge is 0.379 e. The van der Waals surface area contributed by atoms with Crippen LogP contribution in [0.5, 0.6) is 0 Å². The minimum Gasteiger partial charge on any atom is -0.379 e. The van der Waals surface area contributed by atoms with Crippen LogP contribution >= 0.6 is 0 Å². The topological polar surface area (TPSA) is 104 Å². The summed E-state index contributed by atoms with van der Waals surface area (Å²) in [5.74, 6) is -0.900. The Hall–Kier alpha value is -3.06. The molecular formula is C26H33F3N6O3. The van der Waals surface area contributed by atoms with Crippen molar-refractivity contribution in [3.63, 3.8) is 0 Å². The quantitative estimate of drug-likeness (QED) is 0.323. The van der Waals surface area contributed by atoms with Gasteiger partial charge in [-0.3, -0.25) is 20.0 Å². The summed E-state index contributed by atoms with van der Waals surface area (Å²) >= 11 is 0. The number of carbonyl (C=O) groups is 1. The van der Waals surface area contributed by atoms with Gasteiger partial charge in [-0.2, -0.15) is 13.2 Å². The maximum Gasteiger partial charge on any atom is 0.401 e. The third-order valence-corrected chi connectivity index (χ3v) is 6.30. The summed E-state index contributed by atoms with van der Waals surface area (Å²) in [5.41, 5.74) is 3.57. The lowest BCUT2D eigenvalue weighted by atomic mass is 10.0. The number of nitrogens with one attached hydrogen (secondary N) is 3. The molecule has 1 atom stereocenters. The van der Waals surface area contributed by atoms with Gasteiger partial charge in [0.1, 0.15) is 5.65 Å². The normalized spacial score (nSPS) is 15.7. The molecule has 38 heavy (non-hydrogen) atoms. The number of halogens is 3. The molecule has 0 saturated carbocycles. The van der Waals surface area contributed by atoms with E-state index in [-0.39, 0.29) is 5.92 Å². The number of hydrogen-bond acceptors (Lipinski definition) is 7. The molecule has 1 fully saturated rings. The van der Waals surface area contributed by atoms with E-state index >= 15 is 0 Å². The Morgan fingerprint density at radius 2 is 2.00 bits per heavy atom. The van der Waals surface area contributed by atoms with Crippen molar-refractivity contribution in [3.05, 3.63) is 42.5 Å². The Labute approximate surface area is 219 Å². The van der Waals surface area contributed by atoms with E-state index in [1.165, 1.54) is 6.20 Å². The van der Waals surface area contributed by atoms with Gasteiger partial charge in [0.05, 0.1) is 50.9 Å². The maximum absolute atomic E-state index is 12.7. The van der Waals surface area contributed by atoms with Crippen LogP contribution in [0.3, 0.4) is 0 Å². The highest BCUT2D eigenvalue weighted by Gasteiger charge is 2.31. The second-order valence-corrected chi connectivity index (χ2v) is 9.62. The molecule has 0 radical (unpaired) electrons. The zero-order valence-electron chi connectivity index (χ0n) is 21.5. The summed E-state index contributed by atoms with van der Waals surface area (Å²) in [6.07, 6.45) is 2.29. The van der Waals surface area contributed by atoms with E-state index in [1.54, 1.807) is 32.3 Å². The predicted molar refractivity (Wildman–Crippen MR) is 138 cm³/mol. The van der Waals surface area contributed by atoms with Gasteiger partial charge in [0.25, 0.3) is 0 Å². The van der Waals surface area contributed by atoms with Crippen LogP contribution in [0.1, 0.15) is 19.4 Å². The minimum absolute atomic E-state index is 0.345. The largest absolute Gasteiger partial charge is 0.401 e. The van der Waals surface area contributed by atoms with Crippen LogP contribution < -0.4 is 10.6 Å². The first kappa shape index (κ1) is 28.0. The minimum atomic E-state index is -4.41. The molecule has 0 bridgehead atoms. The standard InChI is InChI=1S/C26H33F3N6O3/c1-17(2)23(33-16-26(27,28)29)25(36)34-20-10-19(12-30-13-20)22-14-32-24-21(22)9-18(11-31-24)15-38-8-5-35-3-6-37-7-4-35/h9-14,17,23,33H,3-8,15-16H2,1-2H3,(H,31,32)(H,34,36)/t23-/m1/s1. The second kappa shape index (κ2) is 12.7. The monoisotopic (exact) mass is 534 g/mol. The lowest BCUT2D eigenvalue weighted by Crippen LogP contribution is -2.47. The van der Waals surface area contributed by atoms with Crippen molar-refractivity contribution in [2.75, 3.05) is 51.3 Å². The SMILES string of the molecule is CC(C)[C@@H](NCC(F)(F)F)C(=O)Nc1cncc(-c2c[nH]c3ncc(COCCN4CCOCC4)cc23)c1. The van der Waals surface area contributed by atoms with Crippen molar-refractivity contribution in [1.29, 1.82) is 0 Å². The number of fused-ring (bicyclic) bond motifs is 1. The fourth-order valence-corrected chi connectivity index (χ4v) is 4.31. The number of aromatic amines is 1. The number of rotatable bonds is 11. The fourth-order valence-electron chi connectivity index (χ4n) is 4.31. The van der Waals surface area contributed by atoms with Gasteiger partial charge in [-0.15, -0.1) is 0 Å². The number of nitrogens with zero attached hydrogens (tertiary/aromatic N) is 3. The van der Waals surface area contributed by atoms with Gasteiger partial charge in [0.2, 0.25) is 5.91 Å². The number of morpholine rings is 1. The van der Waals surface area contributed by atoms with Gasteiger partial charge in [0.15, 0.2) is 0 Å². The number of hydrogen-bond donors (Lipinski definition) is 3. The Morgan fingerprint density at radius 3 is 2.74 bits per heavy atom. The maximum atomic E-state index is 12.7. The Balaban J connectivity index is 1.42. The van der Waals surface area contributed by atoms with Gasteiger partial charge in [-0.1, -0.05) is 13.8 Å². The summed E-state index contributed by atoms with van der Waals surface area (Å²) < 4.78 is 49.3. The molecule has 0 spiro atoms. The predicted octanol–water partition coefficient (Wildman–Crippen LogP) is 3.59. The molecule has 1 amide bonds. The average Bonchev–Trinajstić information content (AvgIpc) is 3.30. The zero-order chi connectivity index (χ0) is 27.1. The van der Waals surface area contributed by atoms with E-state index < -0.39 is 24.7 Å². The van der Waals surface area contributed by atoms with E-state index in [0.717, 1.165) is 54.9 Å². The van der Waals surface area contributed by atoms with E-state index in [4.69, 9.17) is 9.47 Å². The molecule has 3 aromatic heterocycles. The van der Waals surface area contributed by atoms with E-state index in [1.807, 2.05) is 12.3 Å². The summed E-state index contributed by atoms with van der Waals surface area (Å²) in [4.78, 5) is 26.9. The van der Waals surface area contributed by atoms with Gasteiger partial charge in [-0.25, -0.2) is 4.98 Å². The van der Waals surface area contributed by atoms with Gasteiger partial charge in [-0.05, 0) is 23.6 Å². The second-order valence-electron chi connectivity index (χ2n) is 9.62. The van der Waals surface area contributed by atoms with Crippen LogP contribution in [-0.4, -0.2) is 84.0 Å². The summed E-state index contributed by atoms with van der Waals surface area (Å²) in [5, 5.41) is 5.87. The van der Waals surface area contributed by atoms with Crippen LogP contribution in [0, 0.1) is 5.92 Å². The Kier molecular flexibility index (Phi) is 9.31. The Morgan fingerprint density at radius 1 is 1.21 bits per heavy atom. The third kappa shape index (κ3) is 7.73. The molecule has 206 valence electrons. The molecule has 3 N–H and O–H groups in total. The van der Waals surface area contributed by atoms with Crippen molar-refractivity contribution >= 4 is 22.6 Å². The number of H-pyrrole nitrogens is 1. The highest BCUT2D eigenvalue weighted by atomic mass is 19.4. The van der Waals surface area contributed by atoms with Crippen molar-refractivity contribution < 1.29 is 27.4 Å². The first-order valence-electron chi connectivity index (χ1n) is 12.6. The number of carbonyl (C=O) groups excluding carboxylic acids is 1. The molecule has 12 heteroatoms. The highest BCUT2D eigenvalue weighted by Crippen LogP contribution is 2.29. The number of amides is 1. The molecule has 0 aromatic carbocycles. The molecular weight excluding hydrogens is 501 g/mol. The van der Waals surface area contributed by atoms with Crippen molar-refractivity contribution in [2.45, 2.75) is 32.7 Å². The van der Waals surface area contributed by atoms with E-state index in [9.17, 15) is 18.0 Å². The summed E-state index contributed by atoms with van der Waals surface area (Å²) in [6.45, 7) is 7.35. The molecule has 4 rings (SSSR count).